The molecule has 4 fully saturated rings. The molecular formula is C20H26BrN3O2. The molecule has 2 unspecified atom stereocenters. The number of halogens is 1. The Kier molecular flexibility index (Phi) is 4.29. The van der Waals surface area contributed by atoms with Gasteiger partial charge in [0.1, 0.15) is 0 Å². The summed E-state index contributed by atoms with van der Waals surface area (Å²) >= 11 is 3.93. The smallest absolute Gasteiger partial charge is 0.269 e. The summed E-state index contributed by atoms with van der Waals surface area (Å²) in [5.74, 6) is 0.968. The van der Waals surface area contributed by atoms with Gasteiger partial charge >= 0.3 is 0 Å². The summed E-state index contributed by atoms with van der Waals surface area (Å²) in [6, 6.07) is 7.37. The fourth-order valence-corrected chi connectivity index (χ4v) is 7.11. The molecule has 140 valence electrons. The van der Waals surface area contributed by atoms with E-state index in [0.717, 1.165) is 24.9 Å². The summed E-state index contributed by atoms with van der Waals surface area (Å²) in [4.78, 5) is 27.4. The molecule has 0 heterocycles. The van der Waals surface area contributed by atoms with Gasteiger partial charge in [0.15, 0.2) is 0 Å². The summed E-state index contributed by atoms with van der Waals surface area (Å²) in [6.07, 6.45) is 6.41. The third-order valence-electron chi connectivity index (χ3n) is 6.39. The van der Waals surface area contributed by atoms with E-state index in [9.17, 15) is 9.59 Å². The average molecular weight is 420 g/mol. The molecule has 0 saturated heterocycles. The number of nitrogens with zero attached hydrogens (tertiary/aromatic N) is 1. The van der Waals surface area contributed by atoms with E-state index in [0.29, 0.717) is 17.4 Å². The first-order valence-electron chi connectivity index (χ1n) is 9.36. The quantitative estimate of drug-likeness (QED) is 0.583. The Morgan fingerprint density at radius 2 is 1.81 bits per heavy atom. The van der Waals surface area contributed by atoms with Crippen molar-refractivity contribution in [1.82, 2.24) is 10.9 Å². The van der Waals surface area contributed by atoms with Gasteiger partial charge in [0, 0.05) is 29.7 Å². The van der Waals surface area contributed by atoms with Crippen LogP contribution in [0.2, 0.25) is 0 Å². The number of nitrogens with one attached hydrogen (secondary N) is 2. The third-order valence-corrected chi connectivity index (χ3v) is 7.31. The number of anilines is 1. The average Bonchev–Trinajstić information content (AvgIpc) is 2.57. The van der Waals surface area contributed by atoms with Gasteiger partial charge in [-0.05, 0) is 68.6 Å². The number of amides is 2. The van der Waals surface area contributed by atoms with Gasteiger partial charge in [-0.2, -0.15) is 0 Å². The first-order valence-corrected chi connectivity index (χ1v) is 10.2. The molecule has 4 aliphatic rings. The SMILES string of the molecule is CN(C)c1cccc(C(=O)NNC(=O)C23CC4CC(CC(Br)(C4)C2)C3)c1. The molecule has 1 aromatic carbocycles. The number of hydrogen-bond donors (Lipinski definition) is 2. The molecule has 4 saturated carbocycles. The first kappa shape index (κ1) is 17.8. The zero-order valence-corrected chi connectivity index (χ0v) is 16.9. The summed E-state index contributed by atoms with van der Waals surface area (Å²) in [5.41, 5.74) is 6.52. The van der Waals surface area contributed by atoms with E-state index in [1.807, 2.05) is 37.2 Å². The molecule has 0 aliphatic heterocycles. The van der Waals surface area contributed by atoms with E-state index >= 15 is 0 Å². The number of alkyl halides is 1. The van der Waals surface area contributed by atoms with Gasteiger partial charge < -0.3 is 4.90 Å². The second kappa shape index (κ2) is 6.25. The van der Waals surface area contributed by atoms with E-state index < -0.39 is 0 Å². The molecule has 4 aliphatic carbocycles. The maximum atomic E-state index is 13.0. The van der Waals surface area contributed by atoms with Crippen molar-refractivity contribution < 1.29 is 9.59 Å². The van der Waals surface area contributed by atoms with Crippen LogP contribution in [0.4, 0.5) is 5.69 Å². The lowest BCUT2D eigenvalue weighted by molar-refractivity contribution is -0.144. The fourth-order valence-electron chi connectivity index (χ4n) is 5.66. The second-order valence-electron chi connectivity index (χ2n) is 8.75. The van der Waals surface area contributed by atoms with E-state index in [-0.39, 0.29) is 21.6 Å². The summed E-state index contributed by atoms with van der Waals surface area (Å²) in [6.45, 7) is 0. The van der Waals surface area contributed by atoms with E-state index in [1.165, 1.54) is 19.3 Å². The Labute approximate surface area is 163 Å². The van der Waals surface area contributed by atoms with Crippen molar-refractivity contribution in [2.75, 3.05) is 19.0 Å². The lowest BCUT2D eigenvalue weighted by atomic mass is 9.49. The van der Waals surface area contributed by atoms with Crippen molar-refractivity contribution in [2.45, 2.75) is 42.8 Å². The Morgan fingerprint density at radius 3 is 2.42 bits per heavy atom. The minimum atomic E-state index is -0.327. The molecular weight excluding hydrogens is 394 g/mol. The number of hydrogen-bond acceptors (Lipinski definition) is 3. The number of carbonyl (C=O) groups excluding carboxylic acids is 2. The normalized spacial score (nSPS) is 34.4. The Bertz CT molecular complexity index is 734. The molecule has 5 rings (SSSR count). The van der Waals surface area contributed by atoms with Crippen LogP contribution in [0.15, 0.2) is 24.3 Å². The molecule has 0 aromatic heterocycles. The van der Waals surface area contributed by atoms with Crippen LogP contribution in [0.3, 0.4) is 0 Å². The van der Waals surface area contributed by atoms with Gasteiger partial charge in [0.25, 0.3) is 5.91 Å². The number of carbonyl (C=O) groups is 2. The number of benzene rings is 1. The van der Waals surface area contributed by atoms with Crippen molar-refractivity contribution in [3.63, 3.8) is 0 Å². The predicted octanol–water partition coefficient (Wildman–Crippen LogP) is 3.25. The Balaban J connectivity index is 1.43. The summed E-state index contributed by atoms with van der Waals surface area (Å²) in [7, 11) is 3.86. The summed E-state index contributed by atoms with van der Waals surface area (Å²) in [5, 5.41) is 0. The molecule has 2 atom stereocenters. The first-order chi connectivity index (χ1) is 12.3. The van der Waals surface area contributed by atoms with E-state index in [2.05, 4.69) is 26.8 Å². The van der Waals surface area contributed by atoms with Gasteiger partial charge in [0.2, 0.25) is 5.91 Å². The highest BCUT2D eigenvalue weighted by Crippen LogP contribution is 2.64. The zero-order chi connectivity index (χ0) is 18.5. The summed E-state index contributed by atoms with van der Waals surface area (Å²) < 4.78 is 0.123. The topological polar surface area (TPSA) is 61.4 Å². The molecule has 1 aromatic rings. The lowest BCUT2D eigenvalue weighted by Gasteiger charge is -2.59. The third kappa shape index (κ3) is 3.13. The van der Waals surface area contributed by atoms with Crippen LogP contribution in [-0.2, 0) is 4.79 Å². The van der Waals surface area contributed by atoms with Gasteiger partial charge in [-0.15, -0.1) is 0 Å². The minimum absolute atomic E-state index is 0.0208. The van der Waals surface area contributed by atoms with Crippen LogP contribution in [0.1, 0.15) is 48.9 Å². The molecule has 5 nitrogen and oxygen atoms in total. The molecule has 26 heavy (non-hydrogen) atoms. The highest BCUT2D eigenvalue weighted by molar-refractivity contribution is 9.10. The second-order valence-corrected chi connectivity index (χ2v) is 10.4. The zero-order valence-electron chi connectivity index (χ0n) is 15.3. The monoisotopic (exact) mass is 419 g/mol. The number of rotatable bonds is 3. The van der Waals surface area contributed by atoms with Crippen molar-refractivity contribution in [3.05, 3.63) is 29.8 Å². The van der Waals surface area contributed by atoms with E-state index in [1.54, 1.807) is 6.07 Å². The van der Waals surface area contributed by atoms with Crippen molar-refractivity contribution in [2.24, 2.45) is 17.3 Å². The molecule has 4 bridgehead atoms. The van der Waals surface area contributed by atoms with Crippen LogP contribution < -0.4 is 15.8 Å². The molecule has 2 amide bonds. The largest absolute Gasteiger partial charge is 0.378 e. The van der Waals surface area contributed by atoms with Crippen LogP contribution >= 0.6 is 15.9 Å². The Morgan fingerprint density at radius 1 is 1.12 bits per heavy atom. The van der Waals surface area contributed by atoms with Gasteiger partial charge in [0.05, 0.1) is 5.41 Å². The maximum absolute atomic E-state index is 13.0. The predicted molar refractivity (Wildman–Crippen MR) is 105 cm³/mol. The minimum Gasteiger partial charge on any atom is -0.378 e. The van der Waals surface area contributed by atoms with Crippen LogP contribution in [0.5, 0.6) is 0 Å². The van der Waals surface area contributed by atoms with Gasteiger partial charge in [-0.25, -0.2) is 0 Å². The van der Waals surface area contributed by atoms with Gasteiger partial charge in [-0.1, -0.05) is 22.0 Å². The van der Waals surface area contributed by atoms with Crippen LogP contribution in [0.25, 0.3) is 0 Å². The molecule has 0 spiro atoms. The van der Waals surface area contributed by atoms with Crippen LogP contribution in [-0.4, -0.2) is 30.2 Å². The number of hydrazine groups is 1. The standard InChI is InChI=1S/C20H26BrN3O2/c1-24(2)16-5-3-4-15(7-16)17(25)22-23-18(26)19-8-13-6-14(9-19)11-20(21,10-13)12-19/h3-5,7,13-14H,6,8-12H2,1-2H3,(H,22,25)(H,23,26). The maximum Gasteiger partial charge on any atom is 0.269 e. The van der Waals surface area contributed by atoms with Crippen molar-refractivity contribution in [3.8, 4) is 0 Å². The molecule has 6 heteroatoms. The highest BCUT2D eigenvalue weighted by atomic mass is 79.9. The highest BCUT2D eigenvalue weighted by Gasteiger charge is 2.59. The fraction of sp³-hybridized carbons (Fsp3) is 0.600. The van der Waals surface area contributed by atoms with Crippen LogP contribution in [0, 0.1) is 17.3 Å². The molecule has 0 radical (unpaired) electrons. The lowest BCUT2D eigenvalue weighted by Crippen LogP contribution is -2.60. The molecule has 2 N–H and O–H groups in total. The van der Waals surface area contributed by atoms with Crippen molar-refractivity contribution in [1.29, 1.82) is 0 Å². The van der Waals surface area contributed by atoms with E-state index in [4.69, 9.17) is 0 Å². The van der Waals surface area contributed by atoms with Crippen molar-refractivity contribution >= 4 is 33.4 Å². The van der Waals surface area contributed by atoms with Gasteiger partial charge in [-0.3, -0.25) is 20.4 Å². The Hall–Kier alpha value is -1.56.